The maximum absolute atomic E-state index is 13.4. The molecule has 32 heavy (non-hydrogen) atoms. The third-order valence-corrected chi connectivity index (χ3v) is 6.26. The molecule has 0 spiro atoms. The number of fused-ring (bicyclic) bond motifs is 1. The van der Waals surface area contributed by atoms with Crippen molar-refractivity contribution in [1.82, 2.24) is 0 Å². The van der Waals surface area contributed by atoms with Gasteiger partial charge in [0.25, 0.3) is 11.6 Å². The second-order valence-electron chi connectivity index (χ2n) is 7.41. The summed E-state index contributed by atoms with van der Waals surface area (Å²) in [5.41, 5.74) is -0.590. The van der Waals surface area contributed by atoms with E-state index in [4.69, 9.17) is 11.6 Å². The molecule has 0 saturated carbocycles. The molecular formula is C23H16BrClN2O5. The molecule has 0 fully saturated rings. The maximum atomic E-state index is 13.4. The Balaban J connectivity index is 1.69. The van der Waals surface area contributed by atoms with E-state index in [1.165, 1.54) is 29.2 Å². The highest BCUT2D eigenvalue weighted by Crippen LogP contribution is 2.45. The van der Waals surface area contributed by atoms with Crippen LogP contribution in [-0.2, 0) is 16.9 Å². The summed E-state index contributed by atoms with van der Waals surface area (Å²) in [6.07, 6.45) is -0.508. The third kappa shape index (κ3) is 3.92. The number of carbonyl (C=O) groups excluding carboxylic acids is 2. The Morgan fingerprint density at radius 2 is 1.81 bits per heavy atom. The fraction of sp³-hybridized carbons (Fsp3) is 0.130. The van der Waals surface area contributed by atoms with E-state index in [0.717, 1.165) is 0 Å². The molecule has 7 nitrogen and oxygen atoms in total. The molecule has 1 aliphatic heterocycles. The van der Waals surface area contributed by atoms with Gasteiger partial charge in [-0.25, -0.2) is 0 Å². The highest BCUT2D eigenvalue weighted by Gasteiger charge is 2.51. The minimum Gasteiger partial charge on any atom is -0.375 e. The number of benzene rings is 3. The Morgan fingerprint density at radius 1 is 1.12 bits per heavy atom. The number of aliphatic hydroxyl groups is 1. The second-order valence-corrected chi connectivity index (χ2v) is 8.73. The number of rotatable bonds is 6. The first kappa shape index (κ1) is 22.1. The van der Waals surface area contributed by atoms with Gasteiger partial charge in [0.15, 0.2) is 11.4 Å². The van der Waals surface area contributed by atoms with Crippen molar-refractivity contribution >= 4 is 50.6 Å². The summed E-state index contributed by atoms with van der Waals surface area (Å²) in [6, 6.07) is 17.2. The lowest BCUT2D eigenvalue weighted by molar-refractivity contribution is -0.384. The number of nitrogens with zero attached hydrogens (tertiary/aromatic N) is 2. The lowest BCUT2D eigenvalue weighted by atomic mass is 9.88. The zero-order chi connectivity index (χ0) is 23.0. The van der Waals surface area contributed by atoms with E-state index in [-0.39, 0.29) is 17.8 Å². The Bertz CT molecular complexity index is 1250. The van der Waals surface area contributed by atoms with Crippen LogP contribution in [0.25, 0.3) is 0 Å². The van der Waals surface area contributed by atoms with Crippen LogP contribution in [0.4, 0.5) is 11.4 Å². The third-order valence-electron chi connectivity index (χ3n) is 5.40. The zero-order valence-electron chi connectivity index (χ0n) is 16.5. The molecule has 1 unspecified atom stereocenters. The summed E-state index contributed by atoms with van der Waals surface area (Å²) in [6.45, 7) is 0.126. The Kier molecular flexibility index (Phi) is 5.85. The van der Waals surface area contributed by atoms with Crippen molar-refractivity contribution in [3.8, 4) is 0 Å². The molecule has 0 aliphatic carbocycles. The van der Waals surface area contributed by atoms with Gasteiger partial charge in [-0.1, -0.05) is 45.7 Å². The fourth-order valence-corrected chi connectivity index (χ4v) is 4.31. The van der Waals surface area contributed by atoms with Crippen molar-refractivity contribution in [3.05, 3.63) is 103 Å². The first-order valence-corrected chi connectivity index (χ1v) is 10.7. The average Bonchev–Trinajstić information content (AvgIpc) is 2.96. The van der Waals surface area contributed by atoms with E-state index in [1.807, 2.05) is 0 Å². The number of non-ortho nitro benzene ring substituents is 1. The average molecular weight is 516 g/mol. The highest BCUT2D eigenvalue weighted by molar-refractivity contribution is 9.10. The van der Waals surface area contributed by atoms with E-state index in [9.17, 15) is 24.8 Å². The number of ketones is 1. The summed E-state index contributed by atoms with van der Waals surface area (Å²) in [5, 5.41) is 22.8. The molecule has 1 atom stereocenters. The minimum absolute atomic E-state index is 0.126. The lowest BCUT2D eigenvalue weighted by Gasteiger charge is -2.23. The standard InChI is InChI=1S/C23H16BrClN2O5/c24-16-7-10-20-18(11-16)23(30,12-21(28)14-5-8-17(9-6-14)27(31)32)22(29)26(20)13-15-3-1-2-4-19(15)25/h1-11,30H,12-13H2. The van der Waals surface area contributed by atoms with E-state index in [2.05, 4.69) is 15.9 Å². The van der Waals surface area contributed by atoms with Crippen LogP contribution in [0.2, 0.25) is 5.02 Å². The molecule has 4 rings (SSSR count). The lowest BCUT2D eigenvalue weighted by Crippen LogP contribution is -2.41. The number of nitro benzene ring substituents is 1. The van der Waals surface area contributed by atoms with Crippen LogP contribution in [0.15, 0.2) is 71.2 Å². The molecular weight excluding hydrogens is 500 g/mol. The molecule has 0 aromatic heterocycles. The van der Waals surface area contributed by atoms with Crippen LogP contribution in [-0.4, -0.2) is 21.7 Å². The zero-order valence-corrected chi connectivity index (χ0v) is 18.8. The van der Waals surface area contributed by atoms with Crippen LogP contribution in [0, 0.1) is 10.1 Å². The highest BCUT2D eigenvalue weighted by atomic mass is 79.9. The molecule has 9 heteroatoms. The topological polar surface area (TPSA) is 101 Å². The van der Waals surface area contributed by atoms with Gasteiger partial charge in [0.1, 0.15) is 0 Å². The molecule has 1 N–H and O–H groups in total. The number of Topliss-reactive ketones (excluding diaryl/α,β-unsaturated/α-hetero) is 1. The summed E-state index contributed by atoms with van der Waals surface area (Å²) in [4.78, 5) is 38.0. The molecule has 1 heterocycles. The fourth-order valence-electron chi connectivity index (χ4n) is 3.75. The second kappa shape index (κ2) is 8.46. The minimum atomic E-state index is -2.08. The van der Waals surface area contributed by atoms with Crippen molar-refractivity contribution < 1.29 is 19.6 Å². The molecule has 1 aliphatic rings. The molecule has 0 radical (unpaired) electrons. The largest absolute Gasteiger partial charge is 0.375 e. The van der Waals surface area contributed by atoms with E-state index >= 15 is 0 Å². The van der Waals surface area contributed by atoms with Crippen molar-refractivity contribution in [1.29, 1.82) is 0 Å². The quantitative estimate of drug-likeness (QED) is 0.282. The predicted molar refractivity (Wildman–Crippen MR) is 123 cm³/mol. The van der Waals surface area contributed by atoms with Crippen LogP contribution in [0.3, 0.4) is 0 Å². The van der Waals surface area contributed by atoms with Gasteiger partial charge in [0, 0.05) is 32.8 Å². The number of nitro groups is 1. The molecule has 3 aromatic rings. The summed E-state index contributed by atoms with van der Waals surface area (Å²) in [5.74, 6) is -1.15. The Hall–Kier alpha value is -3.07. The normalized spacial score (nSPS) is 17.3. The monoisotopic (exact) mass is 514 g/mol. The molecule has 1 amide bonds. The first-order chi connectivity index (χ1) is 15.2. The van der Waals surface area contributed by atoms with Gasteiger partial charge in [-0.05, 0) is 42.0 Å². The van der Waals surface area contributed by atoms with Gasteiger partial charge in [-0.2, -0.15) is 0 Å². The Labute approximate surface area is 196 Å². The van der Waals surface area contributed by atoms with Crippen LogP contribution in [0.1, 0.15) is 27.9 Å². The van der Waals surface area contributed by atoms with Crippen LogP contribution >= 0.6 is 27.5 Å². The SMILES string of the molecule is O=C(CC1(O)C(=O)N(Cc2ccccc2Cl)c2ccc(Br)cc21)c1ccc([N+](=O)[O-])cc1. The molecule has 0 saturated heterocycles. The molecule has 162 valence electrons. The van der Waals surface area contributed by atoms with Gasteiger partial charge in [-0.15, -0.1) is 0 Å². The van der Waals surface area contributed by atoms with Gasteiger partial charge >= 0.3 is 0 Å². The number of halogens is 2. The van der Waals surface area contributed by atoms with Gasteiger partial charge in [-0.3, -0.25) is 19.7 Å². The van der Waals surface area contributed by atoms with Crippen molar-refractivity contribution in [2.45, 2.75) is 18.6 Å². The summed E-state index contributed by atoms with van der Waals surface area (Å²) >= 11 is 9.62. The van der Waals surface area contributed by atoms with Crippen molar-refractivity contribution in [3.63, 3.8) is 0 Å². The van der Waals surface area contributed by atoms with Crippen LogP contribution in [0.5, 0.6) is 0 Å². The number of anilines is 1. The van der Waals surface area contributed by atoms with E-state index in [0.29, 0.717) is 26.3 Å². The molecule has 0 bridgehead atoms. The number of hydrogen-bond acceptors (Lipinski definition) is 5. The summed E-state index contributed by atoms with van der Waals surface area (Å²) in [7, 11) is 0. The predicted octanol–water partition coefficient (Wildman–Crippen LogP) is 5.02. The smallest absolute Gasteiger partial charge is 0.269 e. The van der Waals surface area contributed by atoms with Gasteiger partial charge in [0.05, 0.1) is 23.6 Å². The van der Waals surface area contributed by atoms with E-state index < -0.39 is 28.6 Å². The summed E-state index contributed by atoms with van der Waals surface area (Å²) < 4.78 is 0.643. The van der Waals surface area contributed by atoms with Crippen molar-refractivity contribution in [2.75, 3.05) is 4.90 Å². The molecule has 3 aromatic carbocycles. The van der Waals surface area contributed by atoms with E-state index in [1.54, 1.807) is 42.5 Å². The number of amides is 1. The van der Waals surface area contributed by atoms with Gasteiger partial charge < -0.3 is 10.0 Å². The number of hydrogen-bond donors (Lipinski definition) is 1. The first-order valence-electron chi connectivity index (χ1n) is 9.56. The van der Waals surface area contributed by atoms with Crippen LogP contribution < -0.4 is 4.90 Å². The Morgan fingerprint density at radius 3 is 2.47 bits per heavy atom. The maximum Gasteiger partial charge on any atom is 0.269 e. The number of carbonyl (C=O) groups is 2. The van der Waals surface area contributed by atoms with Crippen molar-refractivity contribution in [2.24, 2.45) is 0 Å². The van der Waals surface area contributed by atoms with Gasteiger partial charge in [0.2, 0.25) is 0 Å².